The average Bonchev–Trinajstić information content (AvgIpc) is 2.69. The van der Waals surface area contributed by atoms with Gasteiger partial charge in [0.25, 0.3) is 0 Å². The maximum absolute atomic E-state index is 11.1. The molecular weight excluding hydrogens is 348 g/mol. The lowest BCUT2D eigenvalue weighted by Crippen LogP contribution is -2.49. The molecule has 1 amide bonds. The summed E-state index contributed by atoms with van der Waals surface area (Å²) in [6.45, 7) is 4.28. The number of anilines is 3. The summed E-state index contributed by atoms with van der Waals surface area (Å²) >= 11 is 0. The van der Waals surface area contributed by atoms with Crippen LogP contribution in [0.3, 0.4) is 0 Å². The van der Waals surface area contributed by atoms with Gasteiger partial charge in [0.05, 0.1) is 17.9 Å². The second-order valence-corrected chi connectivity index (χ2v) is 6.68. The molecule has 2 aromatic rings. The molecule has 142 valence electrons. The fourth-order valence-electron chi connectivity index (χ4n) is 3.61. The van der Waals surface area contributed by atoms with Crippen LogP contribution in [-0.4, -0.2) is 63.3 Å². The summed E-state index contributed by atoms with van der Waals surface area (Å²) in [5.74, 6) is 2.01. The van der Waals surface area contributed by atoms with Gasteiger partial charge in [-0.15, -0.1) is 0 Å². The third-order valence-corrected chi connectivity index (χ3v) is 5.07. The molecule has 0 bridgehead atoms. The van der Waals surface area contributed by atoms with Crippen molar-refractivity contribution >= 4 is 23.4 Å². The zero-order valence-electron chi connectivity index (χ0n) is 15.1. The monoisotopic (exact) mass is 370 g/mol. The third-order valence-electron chi connectivity index (χ3n) is 5.07. The SMILES string of the molecule is Cc1ncccc1Nc1ncnc2c1OCCN2C1CCN(C(=O)O)CC1. The lowest BCUT2D eigenvalue weighted by Gasteiger charge is -2.40. The van der Waals surface area contributed by atoms with E-state index >= 15 is 0 Å². The summed E-state index contributed by atoms with van der Waals surface area (Å²) in [5.41, 5.74) is 1.74. The van der Waals surface area contributed by atoms with Gasteiger partial charge in [0.15, 0.2) is 11.6 Å². The molecule has 4 rings (SSSR count). The van der Waals surface area contributed by atoms with Gasteiger partial charge in [-0.05, 0) is 31.9 Å². The first-order chi connectivity index (χ1) is 13.1. The van der Waals surface area contributed by atoms with Gasteiger partial charge in [-0.2, -0.15) is 0 Å². The van der Waals surface area contributed by atoms with Crippen LogP contribution in [0.25, 0.3) is 0 Å². The van der Waals surface area contributed by atoms with Gasteiger partial charge in [0.2, 0.25) is 5.75 Å². The normalized spacial score (nSPS) is 17.2. The van der Waals surface area contributed by atoms with E-state index < -0.39 is 6.09 Å². The number of nitrogens with zero attached hydrogens (tertiary/aromatic N) is 5. The number of amides is 1. The van der Waals surface area contributed by atoms with Gasteiger partial charge >= 0.3 is 6.09 Å². The number of aryl methyl sites for hydroxylation is 1. The van der Waals surface area contributed by atoms with Crippen molar-refractivity contribution < 1.29 is 14.6 Å². The van der Waals surface area contributed by atoms with Crippen molar-refractivity contribution in [2.45, 2.75) is 25.8 Å². The molecule has 2 aliphatic heterocycles. The number of hydrogen-bond acceptors (Lipinski definition) is 7. The standard InChI is InChI=1S/C18H22N6O3/c1-12-14(3-2-6-19-12)22-16-15-17(21-11-20-16)24(9-10-27-15)13-4-7-23(8-5-13)18(25)26/h2-3,6,11,13H,4-5,7-10H2,1H3,(H,25,26)(H,20,21,22). The molecule has 0 spiro atoms. The van der Waals surface area contributed by atoms with Crippen LogP contribution in [0.5, 0.6) is 5.75 Å². The van der Waals surface area contributed by atoms with Crippen molar-refractivity contribution in [2.75, 3.05) is 36.5 Å². The smallest absolute Gasteiger partial charge is 0.407 e. The highest BCUT2D eigenvalue weighted by Crippen LogP contribution is 2.38. The molecule has 1 fully saturated rings. The van der Waals surface area contributed by atoms with Crippen molar-refractivity contribution in [3.63, 3.8) is 0 Å². The van der Waals surface area contributed by atoms with E-state index in [1.165, 1.54) is 11.2 Å². The Morgan fingerprint density at radius 2 is 2.07 bits per heavy atom. The Hall–Kier alpha value is -3.10. The van der Waals surface area contributed by atoms with Crippen molar-refractivity contribution in [2.24, 2.45) is 0 Å². The fraction of sp³-hybridized carbons (Fsp3) is 0.444. The van der Waals surface area contributed by atoms with Crippen molar-refractivity contribution in [1.82, 2.24) is 19.9 Å². The number of aromatic nitrogens is 3. The second-order valence-electron chi connectivity index (χ2n) is 6.68. The number of likely N-dealkylation sites (tertiary alicyclic amines) is 1. The Balaban J connectivity index is 1.57. The summed E-state index contributed by atoms with van der Waals surface area (Å²) < 4.78 is 5.89. The first kappa shape index (κ1) is 17.3. The van der Waals surface area contributed by atoms with E-state index in [4.69, 9.17) is 9.84 Å². The first-order valence-electron chi connectivity index (χ1n) is 9.04. The molecule has 0 unspecified atom stereocenters. The molecular formula is C18H22N6O3. The summed E-state index contributed by atoms with van der Waals surface area (Å²) in [6.07, 6.45) is 3.98. The molecule has 2 N–H and O–H groups in total. The van der Waals surface area contributed by atoms with Crippen LogP contribution in [0.15, 0.2) is 24.7 Å². The Morgan fingerprint density at radius 3 is 2.81 bits per heavy atom. The first-order valence-corrected chi connectivity index (χ1v) is 9.04. The fourth-order valence-corrected chi connectivity index (χ4v) is 3.61. The Morgan fingerprint density at radius 1 is 1.26 bits per heavy atom. The molecule has 0 saturated carbocycles. The lowest BCUT2D eigenvalue weighted by molar-refractivity contribution is 0.130. The maximum atomic E-state index is 11.1. The van der Waals surface area contributed by atoms with E-state index in [0.29, 0.717) is 31.3 Å². The molecule has 0 radical (unpaired) electrons. The molecule has 2 aromatic heterocycles. The van der Waals surface area contributed by atoms with Crippen LogP contribution in [0, 0.1) is 6.92 Å². The Bertz CT molecular complexity index is 838. The molecule has 0 aromatic carbocycles. The van der Waals surface area contributed by atoms with Crippen LogP contribution >= 0.6 is 0 Å². The Kier molecular flexibility index (Phi) is 4.66. The molecule has 1 saturated heterocycles. The highest BCUT2D eigenvalue weighted by atomic mass is 16.5. The highest BCUT2D eigenvalue weighted by Gasteiger charge is 2.32. The van der Waals surface area contributed by atoms with Crippen LogP contribution in [-0.2, 0) is 0 Å². The zero-order chi connectivity index (χ0) is 18.8. The maximum Gasteiger partial charge on any atom is 0.407 e. The minimum absolute atomic E-state index is 0.242. The van der Waals surface area contributed by atoms with Gasteiger partial charge in [-0.3, -0.25) is 4.98 Å². The topological polar surface area (TPSA) is 104 Å². The zero-order valence-corrected chi connectivity index (χ0v) is 15.1. The molecule has 0 aliphatic carbocycles. The predicted octanol–water partition coefficient (Wildman–Crippen LogP) is 2.26. The number of ether oxygens (including phenoxy) is 1. The molecule has 27 heavy (non-hydrogen) atoms. The second kappa shape index (κ2) is 7.26. The average molecular weight is 370 g/mol. The van der Waals surface area contributed by atoms with Gasteiger partial charge in [0.1, 0.15) is 12.9 Å². The van der Waals surface area contributed by atoms with Crippen LogP contribution in [0.1, 0.15) is 18.5 Å². The summed E-state index contributed by atoms with van der Waals surface area (Å²) in [5, 5.41) is 12.4. The van der Waals surface area contributed by atoms with Crippen LogP contribution < -0.4 is 15.0 Å². The minimum Gasteiger partial charge on any atom is -0.485 e. The van der Waals surface area contributed by atoms with Gasteiger partial charge in [-0.1, -0.05) is 0 Å². The van der Waals surface area contributed by atoms with E-state index in [2.05, 4.69) is 25.2 Å². The Labute approximate surface area is 157 Å². The predicted molar refractivity (Wildman–Crippen MR) is 99.7 cm³/mol. The third kappa shape index (κ3) is 3.44. The number of hydrogen-bond donors (Lipinski definition) is 2. The lowest BCUT2D eigenvalue weighted by atomic mass is 10.0. The van der Waals surface area contributed by atoms with Gasteiger partial charge in [-0.25, -0.2) is 14.8 Å². The van der Waals surface area contributed by atoms with Crippen LogP contribution in [0.4, 0.5) is 22.1 Å². The molecule has 9 heteroatoms. The number of carbonyl (C=O) groups is 1. The molecule has 9 nitrogen and oxygen atoms in total. The molecule has 0 atom stereocenters. The van der Waals surface area contributed by atoms with Crippen molar-refractivity contribution in [3.8, 4) is 5.75 Å². The summed E-state index contributed by atoms with van der Waals surface area (Å²) in [7, 11) is 0. The van der Waals surface area contributed by atoms with Crippen LogP contribution in [0.2, 0.25) is 0 Å². The number of pyridine rings is 1. The number of piperidine rings is 1. The minimum atomic E-state index is -0.850. The van der Waals surface area contributed by atoms with E-state index in [-0.39, 0.29) is 6.04 Å². The van der Waals surface area contributed by atoms with E-state index in [9.17, 15) is 4.79 Å². The molecule has 4 heterocycles. The van der Waals surface area contributed by atoms with Crippen molar-refractivity contribution in [1.29, 1.82) is 0 Å². The van der Waals surface area contributed by atoms with Gasteiger partial charge < -0.3 is 25.0 Å². The highest BCUT2D eigenvalue weighted by molar-refractivity contribution is 5.71. The number of fused-ring (bicyclic) bond motifs is 1. The van der Waals surface area contributed by atoms with Crippen molar-refractivity contribution in [3.05, 3.63) is 30.4 Å². The quantitative estimate of drug-likeness (QED) is 0.848. The number of rotatable bonds is 3. The molecule has 2 aliphatic rings. The summed E-state index contributed by atoms with van der Waals surface area (Å²) in [6, 6.07) is 4.05. The number of carboxylic acid groups (broad SMARTS) is 1. The number of nitrogens with one attached hydrogen (secondary N) is 1. The largest absolute Gasteiger partial charge is 0.485 e. The van der Waals surface area contributed by atoms with E-state index in [1.54, 1.807) is 6.20 Å². The van der Waals surface area contributed by atoms with Gasteiger partial charge in [0, 0.05) is 25.3 Å². The van der Waals surface area contributed by atoms with E-state index in [0.717, 1.165) is 36.6 Å². The summed E-state index contributed by atoms with van der Waals surface area (Å²) in [4.78, 5) is 27.9. The van der Waals surface area contributed by atoms with E-state index in [1.807, 2.05) is 19.1 Å².